The molecule has 0 fully saturated rings. The third-order valence-corrected chi connectivity index (χ3v) is 5.29. The second kappa shape index (κ2) is 8.17. The number of hydrogen-bond donors (Lipinski definition) is 1. The summed E-state index contributed by atoms with van der Waals surface area (Å²) < 4.78 is 8.83. The Morgan fingerprint density at radius 3 is 2.65 bits per heavy atom. The van der Waals surface area contributed by atoms with E-state index in [0.717, 1.165) is 22.5 Å². The zero-order chi connectivity index (χ0) is 22.1. The smallest absolute Gasteiger partial charge is 0.224 e. The lowest BCUT2D eigenvalue weighted by Gasteiger charge is -2.11. The first-order valence-electron chi connectivity index (χ1n) is 10.1. The molecule has 0 saturated heterocycles. The molecule has 4 rings (SSSR count). The molecule has 0 aliphatic rings. The molecule has 4 aromatic rings. The molecule has 0 unspecified atom stereocenters. The molecule has 9 nitrogen and oxygen atoms in total. The quantitative estimate of drug-likeness (QED) is 0.515. The van der Waals surface area contributed by atoms with Gasteiger partial charge in [-0.15, -0.1) is 15.3 Å². The number of fused-ring (bicyclic) bond motifs is 1. The lowest BCUT2D eigenvalue weighted by Crippen LogP contribution is -2.13. The molecule has 1 N–H and O–H groups in total. The Balaban J connectivity index is 1.52. The Bertz CT molecular complexity index is 1270. The average Bonchev–Trinajstić information content (AvgIpc) is 3.25. The van der Waals surface area contributed by atoms with Crippen molar-refractivity contribution in [3.63, 3.8) is 0 Å². The first kappa shape index (κ1) is 20.5. The Hall–Kier alpha value is -3.75. The van der Waals surface area contributed by atoms with Gasteiger partial charge < -0.3 is 10.1 Å². The number of aromatic nitrogens is 6. The highest BCUT2D eigenvalue weighted by atomic mass is 16.5. The van der Waals surface area contributed by atoms with Gasteiger partial charge in [-0.05, 0) is 69.5 Å². The third kappa shape index (κ3) is 3.98. The normalized spacial score (nSPS) is 11.1. The summed E-state index contributed by atoms with van der Waals surface area (Å²) in [6.07, 6.45) is 0.910. The lowest BCUT2D eigenvalue weighted by molar-refractivity contribution is -0.116. The van der Waals surface area contributed by atoms with E-state index in [0.29, 0.717) is 41.6 Å². The molecule has 3 aromatic heterocycles. The predicted molar refractivity (Wildman–Crippen MR) is 117 cm³/mol. The fourth-order valence-corrected chi connectivity index (χ4v) is 3.63. The van der Waals surface area contributed by atoms with Gasteiger partial charge >= 0.3 is 0 Å². The number of carbonyl (C=O) groups is 1. The summed E-state index contributed by atoms with van der Waals surface area (Å²) in [6, 6.07) is 9.43. The Morgan fingerprint density at radius 2 is 1.87 bits per heavy atom. The van der Waals surface area contributed by atoms with Crippen LogP contribution in [0.25, 0.3) is 11.5 Å². The minimum atomic E-state index is -0.0740. The molecule has 0 aliphatic carbocycles. The number of carbonyl (C=O) groups excluding carboxylic acids is 1. The maximum atomic E-state index is 12.6. The standard InChI is InChI=1S/C22H25N7O2/c1-13-6-8-19(31-5)18(12-13)23-22(30)11-7-17-14(2)26-28(15(17)3)21-10-9-20-25-24-16(4)29(20)27-21/h6,8-10,12H,7,11H2,1-5H3,(H,23,30). The van der Waals surface area contributed by atoms with Crippen LogP contribution in [0.4, 0.5) is 5.69 Å². The highest BCUT2D eigenvalue weighted by Gasteiger charge is 2.16. The van der Waals surface area contributed by atoms with Crippen LogP contribution < -0.4 is 10.1 Å². The van der Waals surface area contributed by atoms with Crippen molar-refractivity contribution < 1.29 is 9.53 Å². The monoisotopic (exact) mass is 419 g/mol. The van der Waals surface area contributed by atoms with E-state index < -0.39 is 0 Å². The number of amides is 1. The molecule has 0 saturated carbocycles. The van der Waals surface area contributed by atoms with Crippen LogP contribution in [0.15, 0.2) is 30.3 Å². The highest BCUT2D eigenvalue weighted by Crippen LogP contribution is 2.26. The van der Waals surface area contributed by atoms with Crippen molar-refractivity contribution in [2.24, 2.45) is 0 Å². The van der Waals surface area contributed by atoms with Gasteiger partial charge in [-0.3, -0.25) is 4.79 Å². The Kier molecular flexibility index (Phi) is 5.41. The molecule has 1 amide bonds. The topological polar surface area (TPSA) is 99.2 Å². The first-order valence-corrected chi connectivity index (χ1v) is 10.1. The van der Waals surface area contributed by atoms with Crippen LogP contribution in [-0.2, 0) is 11.2 Å². The Morgan fingerprint density at radius 1 is 1.06 bits per heavy atom. The molecule has 0 spiro atoms. The van der Waals surface area contributed by atoms with E-state index in [2.05, 4.69) is 25.7 Å². The molecule has 0 atom stereocenters. The van der Waals surface area contributed by atoms with Crippen LogP contribution in [0, 0.1) is 27.7 Å². The van der Waals surface area contributed by atoms with E-state index in [4.69, 9.17) is 4.74 Å². The summed E-state index contributed by atoms with van der Waals surface area (Å²) in [4.78, 5) is 12.6. The van der Waals surface area contributed by atoms with Gasteiger partial charge in [-0.1, -0.05) is 6.07 Å². The van der Waals surface area contributed by atoms with Gasteiger partial charge in [0.15, 0.2) is 17.3 Å². The van der Waals surface area contributed by atoms with Gasteiger partial charge in [-0.2, -0.15) is 9.61 Å². The lowest BCUT2D eigenvalue weighted by atomic mass is 10.1. The maximum absolute atomic E-state index is 12.6. The number of nitrogens with zero attached hydrogens (tertiary/aromatic N) is 6. The number of aryl methyl sites for hydroxylation is 3. The largest absolute Gasteiger partial charge is 0.495 e. The molecule has 0 bridgehead atoms. The number of rotatable bonds is 6. The van der Waals surface area contributed by atoms with Crippen molar-refractivity contribution in [1.29, 1.82) is 0 Å². The molecule has 160 valence electrons. The molecular formula is C22H25N7O2. The molecule has 0 radical (unpaired) electrons. The molecule has 3 heterocycles. The van der Waals surface area contributed by atoms with E-state index >= 15 is 0 Å². The van der Waals surface area contributed by atoms with Gasteiger partial charge in [0.2, 0.25) is 5.91 Å². The molecule has 1 aromatic carbocycles. The van der Waals surface area contributed by atoms with Crippen molar-refractivity contribution in [3.8, 4) is 11.6 Å². The van der Waals surface area contributed by atoms with Crippen molar-refractivity contribution in [2.75, 3.05) is 12.4 Å². The fourth-order valence-electron chi connectivity index (χ4n) is 3.63. The number of benzene rings is 1. The fraction of sp³-hybridized carbons (Fsp3) is 0.318. The van der Waals surface area contributed by atoms with Crippen LogP contribution in [0.1, 0.15) is 34.8 Å². The average molecular weight is 419 g/mol. The number of anilines is 1. The molecule has 9 heteroatoms. The zero-order valence-electron chi connectivity index (χ0n) is 18.3. The molecule has 31 heavy (non-hydrogen) atoms. The number of ether oxygens (including phenoxy) is 1. The van der Waals surface area contributed by atoms with Crippen molar-refractivity contribution in [1.82, 2.24) is 29.6 Å². The first-order chi connectivity index (χ1) is 14.9. The molecule has 0 aliphatic heterocycles. The predicted octanol–water partition coefficient (Wildman–Crippen LogP) is 3.12. The highest BCUT2D eigenvalue weighted by molar-refractivity contribution is 5.92. The number of hydrogen-bond acceptors (Lipinski definition) is 6. The van der Waals surface area contributed by atoms with E-state index in [1.54, 1.807) is 16.3 Å². The van der Waals surface area contributed by atoms with Gasteiger partial charge in [0, 0.05) is 12.1 Å². The van der Waals surface area contributed by atoms with Gasteiger partial charge in [0.25, 0.3) is 0 Å². The summed E-state index contributed by atoms with van der Waals surface area (Å²) in [7, 11) is 1.59. The van der Waals surface area contributed by atoms with Crippen LogP contribution >= 0.6 is 0 Å². The van der Waals surface area contributed by atoms with Crippen LogP contribution in [0.3, 0.4) is 0 Å². The van der Waals surface area contributed by atoms with Gasteiger partial charge in [-0.25, -0.2) is 4.68 Å². The second-order valence-electron chi connectivity index (χ2n) is 7.52. The minimum Gasteiger partial charge on any atom is -0.495 e. The van der Waals surface area contributed by atoms with Crippen LogP contribution in [0.2, 0.25) is 0 Å². The summed E-state index contributed by atoms with van der Waals surface area (Å²) >= 11 is 0. The summed E-state index contributed by atoms with van der Waals surface area (Å²) in [5, 5.41) is 20.3. The van der Waals surface area contributed by atoms with Gasteiger partial charge in [0.05, 0.1) is 18.5 Å². The van der Waals surface area contributed by atoms with Gasteiger partial charge in [0.1, 0.15) is 5.75 Å². The maximum Gasteiger partial charge on any atom is 0.224 e. The van der Waals surface area contributed by atoms with Crippen LogP contribution in [0.5, 0.6) is 5.75 Å². The zero-order valence-corrected chi connectivity index (χ0v) is 18.3. The molecular weight excluding hydrogens is 394 g/mol. The van der Waals surface area contributed by atoms with E-state index in [1.165, 1.54) is 0 Å². The van der Waals surface area contributed by atoms with Crippen molar-refractivity contribution >= 4 is 17.2 Å². The second-order valence-corrected chi connectivity index (χ2v) is 7.52. The van der Waals surface area contributed by atoms with Crippen molar-refractivity contribution in [2.45, 2.75) is 40.5 Å². The number of nitrogens with one attached hydrogen (secondary N) is 1. The van der Waals surface area contributed by atoms with E-state index in [9.17, 15) is 4.79 Å². The minimum absolute atomic E-state index is 0.0740. The summed E-state index contributed by atoms with van der Waals surface area (Å²) in [5.74, 6) is 1.96. The Labute approximate surface area is 180 Å². The summed E-state index contributed by atoms with van der Waals surface area (Å²) in [6.45, 7) is 7.76. The number of methoxy groups -OCH3 is 1. The van der Waals surface area contributed by atoms with Crippen LogP contribution in [-0.4, -0.2) is 42.6 Å². The third-order valence-electron chi connectivity index (χ3n) is 5.29. The van der Waals surface area contributed by atoms with E-state index in [-0.39, 0.29) is 5.91 Å². The van der Waals surface area contributed by atoms with Crippen molar-refractivity contribution in [3.05, 3.63) is 58.7 Å². The summed E-state index contributed by atoms with van der Waals surface area (Å²) in [5.41, 5.74) is 5.28. The van der Waals surface area contributed by atoms with E-state index in [1.807, 2.05) is 58.0 Å². The SMILES string of the molecule is COc1ccc(C)cc1NC(=O)CCc1c(C)nn(-c2ccc3nnc(C)n3n2)c1C.